The van der Waals surface area contributed by atoms with Crippen molar-refractivity contribution in [2.75, 3.05) is 6.61 Å². The van der Waals surface area contributed by atoms with Crippen molar-refractivity contribution in [1.82, 2.24) is 0 Å². The predicted octanol–water partition coefficient (Wildman–Crippen LogP) is 4.30. The summed E-state index contributed by atoms with van der Waals surface area (Å²) >= 11 is 5.91. The van der Waals surface area contributed by atoms with Gasteiger partial charge in [-0.25, -0.2) is 0 Å². The van der Waals surface area contributed by atoms with Crippen molar-refractivity contribution in [2.45, 2.75) is 18.8 Å². The van der Waals surface area contributed by atoms with Gasteiger partial charge in [0.2, 0.25) is 0 Å². The molecule has 0 saturated carbocycles. The van der Waals surface area contributed by atoms with Crippen LogP contribution in [0, 0.1) is 0 Å². The fraction of sp³-hybridized carbons (Fsp3) is 0.250. The molecule has 1 fully saturated rings. The molecule has 0 aromatic heterocycles. The maximum Gasteiger partial charge on any atom is 0.192 e. The molecule has 0 unspecified atom stereocenters. The molecule has 3 rings (SSSR count). The van der Waals surface area contributed by atoms with Crippen molar-refractivity contribution in [3.63, 3.8) is 0 Å². The van der Waals surface area contributed by atoms with E-state index in [1.807, 2.05) is 49.4 Å². The molecule has 0 radical (unpaired) electrons. The van der Waals surface area contributed by atoms with E-state index in [2.05, 4.69) is 12.1 Å². The smallest absolute Gasteiger partial charge is 0.192 e. The van der Waals surface area contributed by atoms with Gasteiger partial charge in [-0.3, -0.25) is 0 Å². The van der Waals surface area contributed by atoms with Gasteiger partial charge < -0.3 is 9.47 Å². The van der Waals surface area contributed by atoms with Gasteiger partial charge in [0.25, 0.3) is 0 Å². The maximum absolute atomic E-state index is 6.10. The quantitative estimate of drug-likeness (QED) is 0.813. The van der Waals surface area contributed by atoms with Crippen LogP contribution < -0.4 is 0 Å². The molecule has 19 heavy (non-hydrogen) atoms. The summed E-state index contributed by atoms with van der Waals surface area (Å²) in [6.45, 7) is 2.50. The van der Waals surface area contributed by atoms with Crippen molar-refractivity contribution in [3.8, 4) is 0 Å². The molecule has 0 bridgehead atoms. The molecular weight excluding hydrogens is 260 g/mol. The highest BCUT2D eigenvalue weighted by molar-refractivity contribution is 6.30. The fourth-order valence-electron chi connectivity index (χ4n) is 2.31. The molecule has 2 aromatic rings. The van der Waals surface area contributed by atoms with Gasteiger partial charge in [-0.2, -0.15) is 0 Å². The van der Waals surface area contributed by atoms with Crippen LogP contribution in [0.5, 0.6) is 0 Å². The predicted molar refractivity (Wildman–Crippen MR) is 75.0 cm³/mol. The first-order valence-corrected chi connectivity index (χ1v) is 6.68. The van der Waals surface area contributed by atoms with Crippen LogP contribution in [-0.2, 0) is 15.3 Å². The highest BCUT2D eigenvalue weighted by Crippen LogP contribution is 2.40. The molecular formula is C16H15ClO2. The van der Waals surface area contributed by atoms with Crippen LogP contribution >= 0.6 is 11.6 Å². The van der Waals surface area contributed by atoms with Crippen molar-refractivity contribution < 1.29 is 9.47 Å². The standard InChI is InChI=1S/C16H15ClO2/c1-16(13-7-9-14(17)10-8-13)18-11-15(19-16)12-5-3-2-4-6-12/h2-10,15H,11H2,1H3/t15-,16+/m1/s1. The minimum Gasteiger partial charge on any atom is -0.343 e. The molecule has 0 N–H and O–H groups in total. The van der Waals surface area contributed by atoms with Gasteiger partial charge in [0.05, 0.1) is 6.61 Å². The number of halogens is 1. The van der Waals surface area contributed by atoms with E-state index in [0.29, 0.717) is 11.6 Å². The Morgan fingerprint density at radius 3 is 2.42 bits per heavy atom. The van der Waals surface area contributed by atoms with Gasteiger partial charge >= 0.3 is 0 Å². The summed E-state index contributed by atoms with van der Waals surface area (Å²) in [7, 11) is 0. The van der Waals surface area contributed by atoms with Gasteiger partial charge in [0.15, 0.2) is 5.79 Å². The third-order valence-electron chi connectivity index (χ3n) is 3.42. The Kier molecular flexibility index (Phi) is 3.31. The number of benzene rings is 2. The molecule has 0 amide bonds. The molecule has 3 heteroatoms. The zero-order valence-corrected chi connectivity index (χ0v) is 11.4. The van der Waals surface area contributed by atoms with E-state index < -0.39 is 5.79 Å². The molecule has 1 saturated heterocycles. The fourth-order valence-corrected chi connectivity index (χ4v) is 2.44. The molecule has 2 nitrogen and oxygen atoms in total. The zero-order chi connectivity index (χ0) is 13.3. The van der Waals surface area contributed by atoms with Gasteiger partial charge in [-0.1, -0.05) is 54.1 Å². The summed E-state index contributed by atoms with van der Waals surface area (Å²) in [6, 6.07) is 17.7. The van der Waals surface area contributed by atoms with E-state index in [-0.39, 0.29) is 6.10 Å². The Hall–Kier alpha value is -1.35. The van der Waals surface area contributed by atoms with E-state index >= 15 is 0 Å². The van der Waals surface area contributed by atoms with Crippen LogP contribution in [0.1, 0.15) is 24.2 Å². The zero-order valence-electron chi connectivity index (χ0n) is 10.7. The Labute approximate surface area is 117 Å². The number of hydrogen-bond acceptors (Lipinski definition) is 2. The largest absolute Gasteiger partial charge is 0.343 e. The van der Waals surface area contributed by atoms with Crippen LogP contribution in [0.15, 0.2) is 54.6 Å². The Morgan fingerprint density at radius 1 is 1.05 bits per heavy atom. The average molecular weight is 275 g/mol. The molecule has 0 aliphatic carbocycles. The summed E-state index contributed by atoms with van der Waals surface area (Å²) in [5, 5.41) is 0.713. The molecule has 0 spiro atoms. The van der Waals surface area contributed by atoms with Crippen LogP contribution in [0.25, 0.3) is 0 Å². The normalized spacial score (nSPS) is 26.5. The van der Waals surface area contributed by atoms with Gasteiger partial charge in [-0.15, -0.1) is 0 Å². The van der Waals surface area contributed by atoms with Gasteiger partial charge in [-0.05, 0) is 24.6 Å². The summed E-state index contributed by atoms with van der Waals surface area (Å²) in [6.07, 6.45) is -0.0260. The summed E-state index contributed by atoms with van der Waals surface area (Å²) in [5.41, 5.74) is 2.12. The van der Waals surface area contributed by atoms with Crippen molar-refractivity contribution in [3.05, 3.63) is 70.7 Å². The summed E-state index contributed by atoms with van der Waals surface area (Å²) < 4.78 is 12.0. The maximum atomic E-state index is 6.10. The first-order chi connectivity index (χ1) is 9.17. The first kappa shape index (κ1) is 12.7. The Bertz CT molecular complexity index is 553. The number of hydrogen-bond donors (Lipinski definition) is 0. The van der Waals surface area contributed by atoms with Crippen molar-refractivity contribution >= 4 is 11.6 Å². The molecule has 2 aromatic carbocycles. The van der Waals surface area contributed by atoms with Crippen molar-refractivity contribution in [2.24, 2.45) is 0 Å². The highest BCUT2D eigenvalue weighted by Gasteiger charge is 2.39. The minimum absolute atomic E-state index is 0.0260. The Balaban J connectivity index is 1.83. The first-order valence-electron chi connectivity index (χ1n) is 6.30. The second-order valence-electron chi connectivity index (χ2n) is 4.78. The lowest BCUT2D eigenvalue weighted by Crippen LogP contribution is -2.22. The third-order valence-corrected chi connectivity index (χ3v) is 3.67. The van der Waals surface area contributed by atoms with Crippen LogP contribution in [-0.4, -0.2) is 6.61 Å². The number of ether oxygens (including phenoxy) is 2. The molecule has 1 aliphatic heterocycles. The van der Waals surface area contributed by atoms with E-state index in [9.17, 15) is 0 Å². The SMILES string of the molecule is C[C@]1(c2ccc(Cl)cc2)OC[C@H](c2ccccc2)O1. The van der Waals surface area contributed by atoms with E-state index in [0.717, 1.165) is 11.1 Å². The summed E-state index contributed by atoms with van der Waals surface area (Å²) in [4.78, 5) is 0. The van der Waals surface area contributed by atoms with Crippen LogP contribution in [0.4, 0.5) is 0 Å². The van der Waals surface area contributed by atoms with Crippen molar-refractivity contribution in [1.29, 1.82) is 0 Å². The molecule has 98 valence electrons. The third kappa shape index (κ3) is 2.52. The number of rotatable bonds is 2. The second-order valence-corrected chi connectivity index (χ2v) is 5.22. The second kappa shape index (κ2) is 4.97. The van der Waals surface area contributed by atoms with Crippen LogP contribution in [0.2, 0.25) is 5.02 Å². The topological polar surface area (TPSA) is 18.5 Å². The minimum atomic E-state index is -0.703. The Morgan fingerprint density at radius 2 is 1.74 bits per heavy atom. The van der Waals surface area contributed by atoms with E-state index in [1.54, 1.807) is 0 Å². The van der Waals surface area contributed by atoms with E-state index in [4.69, 9.17) is 21.1 Å². The lowest BCUT2D eigenvalue weighted by molar-refractivity contribution is -0.162. The monoisotopic (exact) mass is 274 g/mol. The lowest BCUT2D eigenvalue weighted by atomic mass is 10.1. The highest BCUT2D eigenvalue weighted by atomic mass is 35.5. The van der Waals surface area contributed by atoms with Gasteiger partial charge in [0.1, 0.15) is 6.10 Å². The van der Waals surface area contributed by atoms with Crippen LogP contribution in [0.3, 0.4) is 0 Å². The summed E-state index contributed by atoms with van der Waals surface area (Å²) in [5.74, 6) is -0.703. The lowest BCUT2D eigenvalue weighted by Gasteiger charge is -2.24. The van der Waals surface area contributed by atoms with E-state index in [1.165, 1.54) is 0 Å². The van der Waals surface area contributed by atoms with Gasteiger partial charge in [0, 0.05) is 10.6 Å². The molecule has 1 aliphatic rings. The molecule has 1 heterocycles. The molecule has 2 atom stereocenters. The average Bonchev–Trinajstić information content (AvgIpc) is 2.84.